The summed E-state index contributed by atoms with van der Waals surface area (Å²) in [6.45, 7) is 5.51. The first-order valence-electron chi connectivity index (χ1n) is 7.99. The van der Waals surface area contributed by atoms with Crippen molar-refractivity contribution in [1.29, 1.82) is 0 Å². The van der Waals surface area contributed by atoms with E-state index in [-0.39, 0.29) is 22.1 Å². The van der Waals surface area contributed by atoms with Gasteiger partial charge in [0.1, 0.15) is 10.6 Å². The molecule has 0 saturated carbocycles. The fourth-order valence-electron chi connectivity index (χ4n) is 2.33. The molecule has 9 heteroatoms. The van der Waals surface area contributed by atoms with Crippen molar-refractivity contribution in [3.8, 4) is 5.75 Å². The molecule has 0 fully saturated rings. The molecule has 0 saturated heterocycles. The average molecular weight is 380 g/mol. The average Bonchev–Trinajstić information content (AvgIpc) is 2.95. The minimum Gasteiger partial charge on any atom is -0.495 e. The van der Waals surface area contributed by atoms with Gasteiger partial charge in [-0.15, -0.1) is 0 Å². The fraction of sp³-hybridized carbons (Fsp3) is 0.412. The lowest BCUT2D eigenvalue weighted by molar-refractivity contribution is 0.0950. The van der Waals surface area contributed by atoms with Crippen LogP contribution in [0, 0.1) is 0 Å². The van der Waals surface area contributed by atoms with Crippen LogP contribution in [0.15, 0.2) is 35.5 Å². The standard InChI is InChI=1S/C17H24N4O4S/c1-17(2,3)20-26(23,24)15-8-13(6-7-14(15)25-5)16(22)18-9-12-10-19-21(4)11-12/h6-8,10-11,20H,9H2,1-5H3,(H,18,22). The normalized spacial score (nSPS) is 12.0. The largest absolute Gasteiger partial charge is 0.495 e. The predicted molar refractivity (Wildman–Crippen MR) is 97.4 cm³/mol. The van der Waals surface area contributed by atoms with Gasteiger partial charge in [-0.2, -0.15) is 5.10 Å². The first-order valence-corrected chi connectivity index (χ1v) is 9.48. The summed E-state index contributed by atoms with van der Waals surface area (Å²) in [5.41, 5.74) is 0.406. The number of carbonyl (C=O) groups excluding carboxylic acids is 1. The number of amides is 1. The molecule has 26 heavy (non-hydrogen) atoms. The Kier molecular flexibility index (Phi) is 5.72. The summed E-state index contributed by atoms with van der Waals surface area (Å²) < 4.78 is 34.7. The number of carbonyl (C=O) groups is 1. The van der Waals surface area contributed by atoms with Gasteiger partial charge in [0.15, 0.2) is 0 Å². The summed E-state index contributed by atoms with van der Waals surface area (Å²) in [7, 11) is -0.680. The number of ether oxygens (including phenoxy) is 1. The Morgan fingerprint density at radius 2 is 2.00 bits per heavy atom. The van der Waals surface area contributed by atoms with Gasteiger partial charge in [-0.05, 0) is 39.0 Å². The maximum absolute atomic E-state index is 12.7. The number of hydrogen-bond acceptors (Lipinski definition) is 5. The van der Waals surface area contributed by atoms with Crippen molar-refractivity contribution < 1.29 is 17.9 Å². The van der Waals surface area contributed by atoms with Crippen LogP contribution in [0.1, 0.15) is 36.7 Å². The highest BCUT2D eigenvalue weighted by atomic mass is 32.2. The van der Waals surface area contributed by atoms with E-state index in [9.17, 15) is 13.2 Å². The molecule has 0 bridgehead atoms. The summed E-state index contributed by atoms with van der Waals surface area (Å²) in [4.78, 5) is 12.3. The molecular weight excluding hydrogens is 356 g/mol. The van der Waals surface area contributed by atoms with Crippen molar-refractivity contribution in [3.05, 3.63) is 41.7 Å². The van der Waals surface area contributed by atoms with Gasteiger partial charge in [0.25, 0.3) is 5.91 Å². The highest BCUT2D eigenvalue weighted by Gasteiger charge is 2.26. The Labute approximate surface area is 153 Å². The number of benzene rings is 1. The molecule has 2 aromatic rings. The SMILES string of the molecule is COc1ccc(C(=O)NCc2cnn(C)c2)cc1S(=O)(=O)NC(C)(C)C. The number of sulfonamides is 1. The monoisotopic (exact) mass is 380 g/mol. The zero-order chi connectivity index (χ0) is 19.5. The van der Waals surface area contributed by atoms with Crippen molar-refractivity contribution >= 4 is 15.9 Å². The van der Waals surface area contributed by atoms with E-state index < -0.39 is 15.6 Å². The van der Waals surface area contributed by atoms with Crippen LogP contribution in [0.3, 0.4) is 0 Å². The smallest absolute Gasteiger partial charge is 0.251 e. The van der Waals surface area contributed by atoms with Crippen LogP contribution in [0.25, 0.3) is 0 Å². The second kappa shape index (κ2) is 7.46. The minimum absolute atomic E-state index is 0.0797. The first-order chi connectivity index (χ1) is 12.0. The van der Waals surface area contributed by atoms with Crippen molar-refractivity contribution in [2.75, 3.05) is 7.11 Å². The number of methoxy groups -OCH3 is 1. The van der Waals surface area contributed by atoms with Gasteiger partial charge >= 0.3 is 0 Å². The fourth-order valence-corrected chi connectivity index (χ4v) is 3.95. The van der Waals surface area contributed by atoms with Crippen molar-refractivity contribution in [2.45, 2.75) is 37.8 Å². The van der Waals surface area contributed by atoms with E-state index in [4.69, 9.17) is 4.74 Å². The highest BCUT2D eigenvalue weighted by molar-refractivity contribution is 7.89. The number of aromatic nitrogens is 2. The molecule has 2 rings (SSSR count). The van der Waals surface area contributed by atoms with Crippen LogP contribution < -0.4 is 14.8 Å². The molecule has 8 nitrogen and oxygen atoms in total. The van der Waals surface area contributed by atoms with Crippen LogP contribution >= 0.6 is 0 Å². The maximum atomic E-state index is 12.7. The van der Waals surface area contributed by atoms with E-state index in [2.05, 4.69) is 15.1 Å². The molecule has 1 aromatic carbocycles. The second-order valence-corrected chi connectivity index (χ2v) is 8.58. The Morgan fingerprint density at radius 1 is 1.31 bits per heavy atom. The number of nitrogens with one attached hydrogen (secondary N) is 2. The molecule has 0 radical (unpaired) electrons. The van der Waals surface area contributed by atoms with Gasteiger partial charge in [0.2, 0.25) is 10.0 Å². The lowest BCUT2D eigenvalue weighted by Crippen LogP contribution is -2.40. The van der Waals surface area contributed by atoms with Crippen molar-refractivity contribution in [3.63, 3.8) is 0 Å². The lowest BCUT2D eigenvalue weighted by Gasteiger charge is -2.21. The Hall–Kier alpha value is -2.39. The lowest BCUT2D eigenvalue weighted by atomic mass is 10.1. The van der Waals surface area contributed by atoms with E-state index in [1.165, 1.54) is 25.3 Å². The van der Waals surface area contributed by atoms with Gasteiger partial charge < -0.3 is 10.1 Å². The summed E-state index contributed by atoms with van der Waals surface area (Å²) in [6, 6.07) is 4.30. The molecule has 0 spiro atoms. The molecular formula is C17H24N4O4S. The molecule has 0 aliphatic carbocycles. The minimum atomic E-state index is -3.85. The highest BCUT2D eigenvalue weighted by Crippen LogP contribution is 2.26. The third kappa shape index (κ3) is 5.06. The Bertz CT molecular complexity index is 898. The number of hydrogen-bond donors (Lipinski definition) is 2. The quantitative estimate of drug-likeness (QED) is 0.789. The molecule has 0 aliphatic rings. The maximum Gasteiger partial charge on any atom is 0.251 e. The Balaban J connectivity index is 2.26. The summed E-state index contributed by atoms with van der Waals surface area (Å²) >= 11 is 0. The molecule has 1 heterocycles. The van der Waals surface area contributed by atoms with Crippen molar-refractivity contribution in [2.24, 2.45) is 7.05 Å². The van der Waals surface area contributed by atoms with Gasteiger partial charge in [0.05, 0.1) is 13.3 Å². The van der Waals surface area contributed by atoms with Crippen LogP contribution in [0.5, 0.6) is 5.75 Å². The van der Waals surface area contributed by atoms with Gasteiger partial charge in [-0.1, -0.05) is 0 Å². The molecule has 0 unspecified atom stereocenters. The second-order valence-electron chi connectivity index (χ2n) is 6.93. The third-order valence-corrected chi connectivity index (χ3v) is 5.15. The van der Waals surface area contributed by atoms with E-state index in [1.807, 2.05) is 0 Å². The predicted octanol–water partition coefficient (Wildman–Crippen LogP) is 1.44. The van der Waals surface area contributed by atoms with E-state index in [1.54, 1.807) is 44.9 Å². The third-order valence-electron chi connectivity index (χ3n) is 3.37. The first kappa shape index (κ1) is 19.9. The van der Waals surface area contributed by atoms with Crippen LogP contribution in [-0.2, 0) is 23.6 Å². The van der Waals surface area contributed by atoms with Gasteiger partial charge in [-0.25, -0.2) is 13.1 Å². The van der Waals surface area contributed by atoms with Gasteiger partial charge in [0, 0.05) is 36.5 Å². The van der Waals surface area contributed by atoms with Crippen LogP contribution in [0.2, 0.25) is 0 Å². The zero-order valence-corrected chi connectivity index (χ0v) is 16.3. The van der Waals surface area contributed by atoms with Crippen LogP contribution in [-0.4, -0.2) is 36.8 Å². The summed E-state index contributed by atoms with van der Waals surface area (Å²) in [6.07, 6.45) is 3.44. The van der Waals surface area contributed by atoms with E-state index in [0.29, 0.717) is 6.54 Å². The molecule has 2 N–H and O–H groups in total. The number of nitrogens with zero attached hydrogens (tertiary/aromatic N) is 2. The number of aryl methyl sites for hydroxylation is 1. The summed E-state index contributed by atoms with van der Waals surface area (Å²) in [5.74, 6) is -0.214. The summed E-state index contributed by atoms with van der Waals surface area (Å²) in [5, 5.41) is 6.78. The molecule has 0 atom stereocenters. The molecule has 1 aromatic heterocycles. The van der Waals surface area contributed by atoms with E-state index >= 15 is 0 Å². The van der Waals surface area contributed by atoms with Gasteiger partial charge in [-0.3, -0.25) is 9.48 Å². The molecule has 142 valence electrons. The Morgan fingerprint density at radius 3 is 2.54 bits per heavy atom. The number of rotatable bonds is 6. The van der Waals surface area contributed by atoms with E-state index in [0.717, 1.165) is 5.56 Å². The topological polar surface area (TPSA) is 102 Å². The van der Waals surface area contributed by atoms with Crippen molar-refractivity contribution in [1.82, 2.24) is 19.8 Å². The van der Waals surface area contributed by atoms with Crippen LogP contribution in [0.4, 0.5) is 0 Å². The zero-order valence-electron chi connectivity index (χ0n) is 15.5. The molecule has 1 amide bonds. The molecule has 0 aliphatic heterocycles.